The third kappa shape index (κ3) is 6.36. The molecule has 3 aliphatic rings. The van der Waals surface area contributed by atoms with Crippen LogP contribution in [0.1, 0.15) is 6.23 Å². The van der Waals surface area contributed by atoms with Crippen LogP contribution < -0.4 is 27.7 Å². The predicted octanol–water partition coefficient (Wildman–Crippen LogP) is -1.35. The zero-order valence-electron chi connectivity index (χ0n) is 22.8. The van der Waals surface area contributed by atoms with Crippen molar-refractivity contribution < 1.29 is 52.0 Å². The maximum Gasteiger partial charge on any atom is 0.481 e. The van der Waals surface area contributed by atoms with Gasteiger partial charge in [0, 0.05) is 9.81 Å². The minimum absolute atomic E-state index is 0.0618. The van der Waals surface area contributed by atoms with Crippen LogP contribution in [0.15, 0.2) is 27.3 Å². The minimum Gasteiger partial charge on any atom is -0.387 e. The monoisotopic (exact) mass is 724 g/mol. The van der Waals surface area contributed by atoms with Gasteiger partial charge < -0.3 is 51.6 Å². The number of nitrogens with zero attached hydrogens (tertiary/aromatic N) is 5. The molecular weight excluding hydrogens is 698 g/mol. The summed E-state index contributed by atoms with van der Waals surface area (Å²) in [6.45, 7) is -1.58. The molecule has 0 spiro atoms. The van der Waals surface area contributed by atoms with Crippen LogP contribution in [-0.4, -0.2) is 99.4 Å². The zero-order valence-corrected chi connectivity index (χ0v) is 26.4. The first-order chi connectivity index (χ1) is 21.6. The average molecular weight is 725 g/mol. The molecule has 3 aliphatic heterocycles. The summed E-state index contributed by atoms with van der Waals surface area (Å²) in [4.78, 5) is 51.2. The van der Waals surface area contributed by atoms with Crippen molar-refractivity contribution in [1.82, 2.24) is 29.5 Å². The molecule has 22 nitrogen and oxygen atoms in total. The van der Waals surface area contributed by atoms with Gasteiger partial charge in [-0.3, -0.25) is 23.4 Å². The highest BCUT2D eigenvalue weighted by Gasteiger charge is 2.47. The SMILES string of the molecule is Nc1nc2c(c(=O)[nH]1)NC1C(S)=C(S)C(COP(=O)(O)OP(=O)(O)OCC3OC(n4cnc5c(N)ncnc54)C(O)C3O)OC1N2. The minimum atomic E-state index is -5.33. The third-order valence-electron chi connectivity index (χ3n) is 6.99. The summed E-state index contributed by atoms with van der Waals surface area (Å²) in [6, 6.07) is -0.723. The molecule has 0 aliphatic carbocycles. The molecule has 26 heteroatoms. The molecule has 6 rings (SSSR count). The fourth-order valence-electron chi connectivity index (χ4n) is 4.85. The highest BCUT2D eigenvalue weighted by molar-refractivity contribution is 7.88. The Balaban J connectivity index is 1.05. The first kappa shape index (κ1) is 33.1. The van der Waals surface area contributed by atoms with Crippen molar-refractivity contribution in [2.75, 3.05) is 35.3 Å². The van der Waals surface area contributed by atoms with Gasteiger partial charge in [0.25, 0.3) is 5.56 Å². The second-order valence-electron chi connectivity index (χ2n) is 10.00. The van der Waals surface area contributed by atoms with Gasteiger partial charge in [0.2, 0.25) is 5.95 Å². The molecule has 0 saturated carbocycles. The zero-order chi connectivity index (χ0) is 33.1. The lowest BCUT2D eigenvalue weighted by Crippen LogP contribution is -2.52. The van der Waals surface area contributed by atoms with Crippen LogP contribution in [0, 0.1) is 0 Å². The Bertz CT molecular complexity index is 1860. The Morgan fingerprint density at radius 2 is 1.72 bits per heavy atom. The number of rotatable bonds is 9. The summed E-state index contributed by atoms with van der Waals surface area (Å²) in [5.74, 6) is -0.0188. The molecular formula is C20H26N10O12P2S2. The van der Waals surface area contributed by atoms with Crippen molar-refractivity contribution in [3.63, 3.8) is 0 Å². The van der Waals surface area contributed by atoms with E-state index in [1.807, 2.05) is 0 Å². The second kappa shape index (κ2) is 12.3. The Labute approximate surface area is 267 Å². The topological polar surface area (TPSA) is 327 Å². The van der Waals surface area contributed by atoms with Crippen LogP contribution in [0.2, 0.25) is 0 Å². The van der Waals surface area contributed by atoms with Gasteiger partial charge >= 0.3 is 15.6 Å². The number of nitrogens with one attached hydrogen (secondary N) is 3. The van der Waals surface area contributed by atoms with E-state index in [0.717, 1.165) is 6.33 Å². The molecule has 46 heavy (non-hydrogen) atoms. The smallest absolute Gasteiger partial charge is 0.387 e. The van der Waals surface area contributed by atoms with Gasteiger partial charge in [-0.25, -0.2) is 24.1 Å². The second-order valence-corrected chi connectivity index (χ2v) is 14.0. The number of aliphatic hydroxyl groups is 2. The van der Waals surface area contributed by atoms with Gasteiger partial charge in [0.1, 0.15) is 48.0 Å². The molecule has 0 amide bonds. The van der Waals surface area contributed by atoms with Crippen molar-refractivity contribution in [3.8, 4) is 0 Å². The van der Waals surface area contributed by atoms with Gasteiger partial charge in [0.05, 0.1) is 19.5 Å². The summed E-state index contributed by atoms with van der Waals surface area (Å²) < 4.78 is 51.9. The Morgan fingerprint density at radius 3 is 2.46 bits per heavy atom. The number of anilines is 4. The van der Waals surface area contributed by atoms with E-state index in [2.05, 4.69) is 65.1 Å². The van der Waals surface area contributed by atoms with Gasteiger partial charge in [-0.1, -0.05) is 0 Å². The van der Waals surface area contributed by atoms with Crippen LogP contribution in [0.5, 0.6) is 0 Å². The maximum atomic E-state index is 12.6. The number of imidazole rings is 1. The van der Waals surface area contributed by atoms with Crippen molar-refractivity contribution >= 4 is 75.3 Å². The third-order valence-corrected chi connectivity index (χ3v) is 10.8. The number of ether oxygens (including phenoxy) is 2. The van der Waals surface area contributed by atoms with Crippen molar-refractivity contribution in [1.29, 1.82) is 0 Å². The van der Waals surface area contributed by atoms with E-state index >= 15 is 0 Å². The molecule has 9 atom stereocenters. The largest absolute Gasteiger partial charge is 0.481 e. The quantitative estimate of drug-likeness (QED) is 0.0897. The van der Waals surface area contributed by atoms with Crippen LogP contribution in [0.25, 0.3) is 11.2 Å². The normalized spacial score (nSPS) is 30.2. The van der Waals surface area contributed by atoms with E-state index in [-0.39, 0.29) is 44.2 Å². The maximum absolute atomic E-state index is 12.6. The molecule has 9 unspecified atom stereocenters. The number of thiol groups is 2. The lowest BCUT2D eigenvalue weighted by molar-refractivity contribution is -0.0506. The van der Waals surface area contributed by atoms with E-state index in [9.17, 15) is 33.9 Å². The van der Waals surface area contributed by atoms with Crippen LogP contribution >= 0.6 is 40.9 Å². The van der Waals surface area contributed by atoms with E-state index < -0.39 is 77.3 Å². The van der Waals surface area contributed by atoms with E-state index in [1.165, 1.54) is 10.9 Å². The molecule has 0 bridgehead atoms. The first-order valence-electron chi connectivity index (χ1n) is 12.9. The van der Waals surface area contributed by atoms with E-state index in [1.54, 1.807) is 0 Å². The van der Waals surface area contributed by atoms with Gasteiger partial charge in [-0.15, -0.1) is 25.3 Å². The number of aliphatic hydroxyl groups excluding tert-OH is 2. The average Bonchev–Trinajstić information content (AvgIpc) is 3.53. The summed E-state index contributed by atoms with van der Waals surface area (Å²) in [5, 5.41) is 26.8. The Hall–Kier alpha value is -2.83. The summed E-state index contributed by atoms with van der Waals surface area (Å²) in [5.41, 5.74) is 11.3. The van der Waals surface area contributed by atoms with E-state index in [4.69, 9.17) is 30.0 Å². The molecule has 3 aromatic rings. The molecule has 11 N–H and O–H groups in total. The van der Waals surface area contributed by atoms with Crippen LogP contribution in [0.4, 0.5) is 23.3 Å². The number of nitrogens with two attached hydrogens (primary N) is 2. The van der Waals surface area contributed by atoms with Gasteiger partial charge in [-0.2, -0.15) is 9.29 Å². The highest BCUT2D eigenvalue weighted by Crippen LogP contribution is 2.61. The molecule has 3 aromatic heterocycles. The highest BCUT2D eigenvalue weighted by atomic mass is 32.1. The lowest BCUT2D eigenvalue weighted by atomic mass is 10.1. The van der Waals surface area contributed by atoms with Crippen molar-refractivity contribution in [3.05, 3.63) is 32.8 Å². The number of nitrogen functional groups attached to an aromatic ring is 2. The fraction of sp³-hybridized carbons (Fsp3) is 0.450. The van der Waals surface area contributed by atoms with Gasteiger partial charge in [-0.05, 0) is 0 Å². The van der Waals surface area contributed by atoms with E-state index in [0.29, 0.717) is 0 Å². The number of H-pyrrole nitrogens is 1. The molecule has 0 radical (unpaired) electrons. The summed E-state index contributed by atoms with van der Waals surface area (Å²) in [7, 11) is -10.6. The number of aromatic amines is 1. The van der Waals surface area contributed by atoms with Gasteiger partial charge in [0.15, 0.2) is 29.7 Å². The number of aromatic nitrogens is 6. The first-order valence-corrected chi connectivity index (χ1v) is 16.8. The molecule has 1 fully saturated rings. The number of hydrogen-bond acceptors (Lipinski definition) is 20. The molecule has 1 saturated heterocycles. The van der Waals surface area contributed by atoms with Crippen LogP contribution in [0.3, 0.4) is 0 Å². The lowest BCUT2D eigenvalue weighted by Gasteiger charge is -2.41. The Morgan fingerprint density at radius 1 is 1.00 bits per heavy atom. The summed E-state index contributed by atoms with van der Waals surface area (Å²) in [6.07, 6.45) is -5.54. The van der Waals surface area contributed by atoms with Crippen molar-refractivity contribution in [2.45, 2.75) is 42.9 Å². The number of hydrogen-bond donors (Lipinski definition) is 11. The molecule has 6 heterocycles. The fourth-order valence-corrected chi connectivity index (χ4v) is 7.54. The van der Waals surface area contributed by atoms with Crippen LogP contribution in [-0.2, 0) is 32.0 Å². The molecule has 0 aromatic carbocycles. The Kier molecular flexibility index (Phi) is 8.86. The van der Waals surface area contributed by atoms with Crippen molar-refractivity contribution in [2.24, 2.45) is 0 Å². The predicted molar refractivity (Wildman–Crippen MR) is 162 cm³/mol. The molecule has 250 valence electrons. The number of phosphoric acid groups is 2. The standard InChI is InChI=1S/C20H26N10O12P2S2/c21-14-8-16(24-3-23-14)30(4-25-8)19-11(32)10(31)5(41-19)1-38-43(34,35)42-44(36,37)39-2-6-12(45)13(46)7-18(40-6)27-15-9(26-7)17(33)29-20(22)28-15/h3-7,10-11,18-19,26,31-32,45-46H,1-2H2,(H,34,35)(H,36,37)(H2,21,23,24)(H4,22,27,28,29,33). The number of phosphoric ester groups is 2. The number of fused-ring (bicyclic) bond motifs is 3. The summed E-state index contributed by atoms with van der Waals surface area (Å²) >= 11 is 8.76.